The number of benzene rings is 1. The second-order valence-corrected chi connectivity index (χ2v) is 2.37. The van der Waals surface area contributed by atoms with Crippen molar-refractivity contribution in [1.29, 1.82) is 0 Å². The number of amides is 1. The first-order valence-electron chi connectivity index (χ1n) is 3.37. The van der Waals surface area contributed by atoms with Crippen LogP contribution in [0.3, 0.4) is 0 Å². The molecule has 0 saturated heterocycles. The molecule has 1 rings (SSSR count). The number of aromatic hydroxyl groups is 1. The number of nitrogen functional groups attached to an aromatic ring is 1. The molecule has 0 aliphatic rings. The molecule has 1 aromatic rings. The van der Waals surface area contributed by atoms with E-state index in [1.54, 1.807) is 0 Å². The summed E-state index contributed by atoms with van der Waals surface area (Å²) in [5.74, 6) is -0.270. The van der Waals surface area contributed by atoms with Gasteiger partial charge in [0.2, 0.25) is 5.91 Å². The van der Waals surface area contributed by atoms with Gasteiger partial charge in [-0.15, -0.1) is 12.1 Å². The average molecular weight is 254 g/mol. The molecule has 1 aromatic carbocycles. The van der Waals surface area contributed by atoms with E-state index in [4.69, 9.17) is 10.8 Å². The second-order valence-electron chi connectivity index (χ2n) is 2.37. The molecule has 1 amide bonds. The molecule has 5 heteroatoms. The maximum Gasteiger partial charge on any atom is 0.219 e. The quantitative estimate of drug-likeness (QED) is 0.393. The van der Waals surface area contributed by atoms with Crippen LogP contribution in [-0.2, 0) is 37.5 Å². The molecule has 67 valence electrons. The Kier molecular flexibility index (Phi) is 4.95. The first kappa shape index (κ1) is 12.4. The van der Waals surface area contributed by atoms with Gasteiger partial charge in [-0.25, -0.2) is 0 Å². The van der Waals surface area contributed by atoms with Crippen molar-refractivity contribution in [3.8, 4) is 5.75 Å². The molecule has 0 saturated carbocycles. The summed E-state index contributed by atoms with van der Waals surface area (Å²) in [5.41, 5.74) is 5.98. The Labute approximate surface area is 101 Å². The molecule has 0 aliphatic carbocycles. The largest absolute Gasteiger partial charge is 0.531 e. The van der Waals surface area contributed by atoms with E-state index in [1.165, 1.54) is 19.1 Å². The zero-order valence-electron chi connectivity index (χ0n) is 7.16. The number of phenols is 1. The minimum atomic E-state index is -0.213. The summed E-state index contributed by atoms with van der Waals surface area (Å²) in [6.07, 6.45) is 0. The summed E-state index contributed by atoms with van der Waals surface area (Å²) in [5, 5.41) is 11.6. The van der Waals surface area contributed by atoms with Crippen LogP contribution in [0.25, 0.3) is 0 Å². The molecule has 0 aromatic heterocycles. The SMILES string of the molecule is CC(=O)Nc1[c-]cc(N)c(O)c1.[Y]. The van der Waals surface area contributed by atoms with Crippen molar-refractivity contribution in [1.82, 2.24) is 0 Å². The number of nitrogens with two attached hydrogens (primary N) is 1. The van der Waals surface area contributed by atoms with Gasteiger partial charge in [-0.05, 0) is 5.69 Å². The number of carbonyl (C=O) groups is 1. The first-order chi connectivity index (χ1) is 5.59. The Morgan fingerprint density at radius 3 is 2.77 bits per heavy atom. The van der Waals surface area contributed by atoms with Crippen LogP contribution in [0.2, 0.25) is 0 Å². The van der Waals surface area contributed by atoms with Gasteiger partial charge in [0.25, 0.3) is 0 Å². The van der Waals surface area contributed by atoms with Gasteiger partial charge in [-0.1, -0.05) is 5.69 Å². The zero-order valence-corrected chi connectivity index (χ0v) is 10.0. The van der Waals surface area contributed by atoms with Crippen LogP contribution in [0.1, 0.15) is 6.92 Å². The van der Waals surface area contributed by atoms with Crippen LogP contribution in [0.4, 0.5) is 11.4 Å². The Bertz CT molecular complexity index is 315. The molecule has 0 bridgehead atoms. The van der Waals surface area contributed by atoms with Gasteiger partial charge in [0.05, 0.1) is 0 Å². The van der Waals surface area contributed by atoms with Crippen LogP contribution in [0.5, 0.6) is 5.75 Å². The number of carbonyl (C=O) groups excluding carboxylic acids is 1. The number of phenolic OH excluding ortho intramolecular Hbond substituents is 1. The zero-order chi connectivity index (χ0) is 9.14. The van der Waals surface area contributed by atoms with Crippen LogP contribution >= 0.6 is 0 Å². The van der Waals surface area contributed by atoms with Crippen molar-refractivity contribution in [3.63, 3.8) is 0 Å². The van der Waals surface area contributed by atoms with Crippen molar-refractivity contribution < 1.29 is 42.6 Å². The normalized spacial score (nSPS) is 8.69. The van der Waals surface area contributed by atoms with Crippen molar-refractivity contribution in [2.45, 2.75) is 6.92 Å². The number of hydrogen-bond acceptors (Lipinski definition) is 3. The molecule has 0 spiro atoms. The molecule has 1 radical (unpaired) electrons. The molecule has 4 nitrogen and oxygen atoms in total. The predicted molar refractivity (Wildman–Crippen MR) is 45.7 cm³/mol. The summed E-state index contributed by atoms with van der Waals surface area (Å²) in [4.78, 5) is 10.6. The summed E-state index contributed by atoms with van der Waals surface area (Å²) in [6.45, 7) is 1.38. The van der Waals surface area contributed by atoms with Crippen LogP contribution in [0.15, 0.2) is 12.1 Å². The molecule has 4 N–H and O–H groups in total. The van der Waals surface area contributed by atoms with E-state index in [0.29, 0.717) is 5.69 Å². The predicted octanol–water partition coefficient (Wildman–Crippen LogP) is 0.730. The smallest absolute Gasteiger partial charge is 0.219 e. The van der Waals surface area contributed by atoms with Gasteiger partial charge in [0, 0.05) is 45.4 Å². The van der Waals surface area contributed by atoms with E-state index >= 15 is 0 Å². The van der Waals surface area contributed by atoms with E-state index in [2.05, 4.69) is 11.4 Å². The number of hydrogen-bond donors (Lipinski definition) is 3. The fourth-order valence-corrected chi connectivity index (χ4v) is 0.753. The van der Waals surface area contributed by atoms with Gasteiger partial charge < -0.3 is 16.2 Å². The second kappa shape index (κ2) is 5.19. The number of nitrogens with one attached hydrogen (secondary N) is 1. The Balaban J connectivity index is 0.00000144. The third kappa shape index (κ3) is 3.74. The summed E-state index contributed by atoms with van der Waals surface area (Å²) in [7, 11) is 0. The van der Waals surface area contributed by atoms with Crippen LogP contribution < -0.4 is 11.1 Å². The molecule has 0 heterocycles. The van der Waals surface area contributed by atoms with Gasteiger partial charge in [-0.3, -0.25) is 4.79 Å². The minimum Gasteiger partial charge on any atom is -0.531 e. The van der Waals surface area contributed by atoms with Crippen LogP contribution in [-0.4, -0.2) is 11.0 Å². The molecular weight excluding hydrogens is 245 g/mol. The first-order valence-corrected chi connectivity index (χ1v) is 3.37. The summed E-state index contributed by atoms with van der Waals surface area (Å²) >= 11 is 0. The fraction of sp³-hybridized carbons (Fsp3) is 0.125. The Morgan fingerprint density at radius 1 is 1.69 bits per heavy atom. The van der Waals surface area contributed by atoms with Gasteiger partial charge in [0.1, 0.15) is 0 Å². The maximum absolute atomic E-state index is 10.6. The average Bonchev–Trinajstić information content (AvgIpc) is 1.96. The van der Waals surface area contributed by atoms with Crippen molar-refractivity contribution in [3.05, 3.63) is 18.2 Å². The standard InChI is InChI=1S/C8H9N2O2.Y/c1-5(11)10-6-2-3-7(9)8(12)4-6;/h3-4,12H,9H2,1H3,(H,10,11);/q-1;. The molecule has 0 atom stereocenters. The third-order valence-corrected chi connectivity index (χ3v) is 1.27. The van der Waals surface area contributed by atoms with E-state index in [9.17, 15) is 4.79 Å². The molecule has 0 unspecified atom stereocenters. The molecular formula is C8H9N2O2Y-. The number of rotatable bonds is 1. The fourth-order valence-electron chi connectivity index (χ4n) is 0.753. The Morgan fingerprint density at radius 2 is 2.31 bits per heavy atom. The van der Waals surface area contributed by atoms with Crippen molar-refractivity contribution in [2.24, 2.45) is 0 Å². The van der Waals surface area contributed by atoms with Crippen LogP contribution in [0, 0.1) is 6.07 Å². The van der Waals surface area contributed by atoms with E-state index < -0.39 is 0 Å². The van der Waals surface area contributed by atoms with Crippen molar-refractivity contribution >= 4 is 17.3 Å². The van der Waals surface area contributed by atoms with Crippen molar-refractivity contribution in [2.75, 3.05) is 11.1 Å². The number of anilines is 2. The molecule has 13 heavy (non-hydrogen) atoms. The van der Waals surface area contributed by atoms with E-state index in [0.717, 1.165) is 0 Å². The summed E-state index contributed by atoms with van der Waals surface area (Å²) in [6, 6.07) is 5.44. The summed E-state index contributed by atoms with van der Waals surface area (Å²) < 4.78 is 0. The molecule has 0 aliphatic heterocycles. The molecule has 0 fully saturated rings. The van der Waals surface area contributed by atoms with Gasteiger partial charge >= 0.3 is 0 Å². The Hall–Kier alpha value is -0.606. The topological polar surface area (TPSA) is 75.4 Å². The van der Waals surface area contributed by atoms with Gasteiger partial charge in [-0.2, -0.15) is 6.07 Å². The maximum atomic E-state index is 10.6. The minimum absolute atomic E-state index is 0. The third-order valence-electron chi connectivity index (χ3n) is 1.27. The van der Waals surface area contributed by atoms with Gasteiger partial charge in [0.15, 0.2) is 0 Å². The monoisotopic (exact) mass is 254 g/mol. The van der Waals surface area contributed by atoms with E-state index in [-0.39, 0.29) is 50.1 Å². The van der Waals surface area contributed by atoms with E-state index in [1.807, 2.05) is 0 Å².